The number of aliphatic hydroxyl groups is 2. The molecule has 0 aliphatic carbocycles. The average molecular weight is 319 g/mol. The van der Waals surface area contributed by atoms with Crippen LogP contribution in [0.5, 0.6) is 0 Å². The van der Waals surface area contributed by atoms with E-state index in [4.69, 9.17) is 16.7 Å². The third kappa shape index (κ3) is 5.15. The van der Waals surface area contributed by atoms with Gasteiger partial charge in [0.25, 0.3) is 0 Å². The Morgan fingerprint density at radius 3 is 2.81 bits per heavy atom. The Morgan fingerprint density at radius 2 is 2.19 bits per heavy atom. The molecule has 1 aromatic rings. The van der Waals surface area contributed by atoms with Crippen LogP contribution in [-0.4, -0.2) is 46.9 Å². The third-order valence-corrected chi connectivity index (χ3v) is 3.69. The first-order valence-electron chi connectivity index (χ1n) is 6.59. The predicted molar refractivity (Wildman–Crippen MR) is 78.6 cm³/mol. The summed E-state index contributed by atoms with van der Waals surface area (Å²) in [6.07, 6.45) is -0.603. The molecule has 0 bridgehead atoms. The number of amides is 2. The second-order valence-corrected chi connectivity index (χ2v) is 5.28. The summed E-state index contributed by atoms with van der Waals surface area (Å²) in [6, 6.07) is 3.78. The number of benzene rings is 1. The fraction of sp³-hybridized carbons (Fsp3) is 0.500. The monoisotopic (exact) mass is 318 g/mol. The third-order valence-electron chi connectivity index (χ3n) is 3.27. The van der Waals surface area contributed by atoms with Crippen LogP contribution in [0.2, 0.25) is 5.02 Å². The molecule has 0 aliphatic heterocycles. The van der Waals surface area contributed by atoms with Gasteiger partial charge in [-0.05, 0) is 25.0 Å². The van der Waals surface area contributed by atoms with E-state index in [1.165, 1.54) is 17.0 Å². The fourth-order valence-corrected chi connectivity index (χ4v) is 2.00. The van der Waals surface area contributed by atoms with E-state index in [1.54, 1.807) is 20.0 Å². The van der Waals surface area contributed by atoms with Crippen molar-refractivity contribution in [2.45, 2.75) is 32.0 Å². The van der Waals surface area contributed by atoms with Gasteiger partial charge in [0.2, 0.25) is 0 Å². The lowest BCUT2D eigenvalue weighted by molar-refractivity contribution is 0.0693. The molecule has 7 heteroatoms. The molecule has 1 unspecified atom stereocenters. The molecule has 1 rings (SSSR count). The van der Waals surface area contributed by atoms with Gasteiger partial charge in [0.1, 0.15) is 5.82 Å². The van der Waals surface area contributed by atoms with Crippen molar-refractivity contribution in [1.82, 2.24) is 10.2 Å². The summed E-state index contributed by atoms with van der Waals surface area (Å²) in [4.78, 5) is 13.4. The molecule has 0 saturated carbocycles. The Morgan fingerprint density at radius 1 is 1.52 bits per heavy atom. The molecule has 0 aromatic heterocycles. The van der Waals surface area contributed by atoms with E-state index in [0.717, 1.165) is 0 Å². The number of hydrogen-bond acceptors (Lipinski definition) is 3. The van der Waals surface area contributed by atoms with Crippen LogP contribution in [0.3, 0.4) is 0 Å². The van der Waals surface area contributed by atoms with Gasteiger partial charge in [0.05, 0.1) is 17.7 Å². The summed E-state index contributed by atoms with van der Waals surface area (Å²) in [5.74, 6) is -0.531. The second-order valence-electron chi connectivity index (χ2n) is 4.90. The van der Waals surface area contributed by atoms with Crippen molar-refractivity contribution in [2.24, 2.45) is 0 Å². The standard InChI is InChI=1S/C14H20ClFN2O3/c1-9(6-11(20)8-19)18(2)14(21)17-7-10-4-3-5-12(16)13(10)15/h3-5,9,11,19-20H,6-8H2,1-2H3,(H,17,21)/t9-,11?/m0/s1. The van der Waals surface area contributed by atoms with Crippen molar-refractivity contribution in [3.63, 3.8) is 0 Å². The summed E-state index contributed by atoms with van der Waals surface area (Å²) >= 11 is 5.81. The molecule has 1 aromatic carbocycles. The van der Waals surface area contributed by atoms with E-state index in [1.807, 2.05) is 0 Å². The highest BCUT2D eigenvalue weighted by atomic mass is 35.5. The highest BCUT2D eigenvalue weighted by molar-refractivity contribution is 6.31. The number of urea groups is 1. The Balaban J connectivity index is 2.55. The molecule has 0 saturated heterocycles. The predicted octanol–water partition coefficient (Wildman–Crippen LogP) is 1.75. The fourth-order valence-electron chi connectivity index (χ4n) is 1.81. The van der Waals surface area contributed by atoms with Gasteiger partial charge in [-0.3, -0.25) is 0 Å². The topological polar surface area (TPSA) is 72.8 Å². The Bertz CT molecular complexity index is 487. The largest absolute Gasteiger partial charge is 0.394 e. The summed E-state index contributed by atoms with van der Waals surface area (Å²) in [7, 11) is 1.58. The molecule has 3 N–H and O–H groups in total. The van der Waals surface area contributed by atoms with Crippen LogP contribution in [0.1, 0.15) is 18.9 Å². The van der Waals surface area contributed by atoms with E-state index >= 15 is 0 Å². The summed E-state index contributed by atoms with van der Waals surface area (Å²) in [6.45, 7) is 1.52. The number of hydrogen-bond donors (Lipinski definition) is 3. The highest BCUT2D eigenvalue weighted by Crippen LogP contribution is 2.19. The minimum atomic E-state index is -0.868. The molecule has 0 heterocycles. The lowest BCUT2D eigenvalue weighted by atomic mass is 10.1. The maximum absolute atomic E-state index is 13.3. The minimum Gasteiger partial charge on any atom is -0.394 e. The molecule has 5 nitrogen and oxygen atoms in total. The van der Waals surface area contributed by atoms with Gasteiger partial charge in [-0.25, -0.2) is 9.18 Å². The molecule has 2 amide bonds. The number of nitrogens with one attached hydrogen (secondary N) is 1. The van der Waals surface area contributed by atoms with Gasteiger partial charge in [-0.1, -0.05) is 23.7 Å². The number of halogens is 2. The normalized spacial score (nSPS) is 13.6. The lowest BCUT2D eigenvalue weighted by Crippen LogP contribution is -2.43. The molecule has 21 heavy (non-hydrogen) atoms. The van der Waals surface area contributed by atoms with E-state index in [-0.39, 0.29) is 36.7 Å². The van der Waals surface area contributed by atoms with Crippen LogP contribution < -0.4 is 5.32 Å². The van der Waals surface area contributed by atoms with Crippen molar-refractivity contribution < 1.29 is 19.4 Å². The summed E-state index contributed by atoms with van der Waals surface area (Å²) in [5, 5.41) is 20.8. The van der Waals surface area contributed by atoms with E-state index in [9.17, 15) is 14.3 Å². The Hall–Kier alpha value is -1.37. The zero-order valence-corrected chi connectivity index (χ0v) is 12.8. The van der Waals surface area contributed by atoms with Crippen LogP contribution in [0, 0.1) is 5.82 Å². The van der Waals surface area contributed by atoms with Gasteiger partial charge < -0.3 is 20.4 Å². The van der Waals surface area contributed by atoms with Gasteiger partial charge in [-0.2, -0.15) is 0 Å². The minimum absolute atomic E-state index is 0.01000. The maximum atomic E-state index is 13.3. The SMILES string of the molecule is C[C@@H](CC(O)CO)N(C)C(=O)NCc1cccc(F)c1Cl. The van der Waals surface area contributed by atoms with Crippen LogP contribution in [-0.2, 0) is 6.54 Å². The molecular weight excluding hydrogens is 299 g/mol. The van der Waals surface area contributed by atoms with Gasteiger partial charge in [0, 0.05) is 19.6 Å². The molecule has 0 aliphatic rings. The Labute approximate surface area is 128 Å². The molecule has 0 spiro atoms. The maximum Gasteiger partial charge on any atom is 0.317 e. The first-order chi connectivity index (χ1) is 9.86. The van der Waals surface area contributed by atoms with E-state index in [2.05, 4.69) is 5.32 Å². The number of aliphatic hydroxyl groups excluding tert-OH is 2. The molecule has 0 radical (unpaired) electrons. The number of carbonyl (C=O) groups is 1. The highest BCUT2D eigenvalue weighted by Gasteiger charge is 2.18. The number of nitrogens with zero attached hydrogens (tertiary/aromatic N) is 1. The lowest BCUT2D eigenvalue weighted by Gasteiger charge is -2.26. The molecule has 2 atom stereocenters. The van der Waals surface area contributed by atoms with Crippen LogP contribution in [0.15, 0.2) is 18.2 Å². The first kappa shape index (κ1) is 17.7. The zero-order valence-electron chi connectivity index (χ0n) is 12.0. The van der Waals surface area contributed by atoms with Gasteiger partial charge >= 0.3 is 6.03 Å². The molecular formula is C14H20ClFN2O3. The van der Waals surface area contributed by atoms with Crippen molar-refractivity contribution in [3.05, 3.63) is 34.6 Å². The first-order valence-corrected chi connectivity index (χ1v) is 6.97. The zero-order chi connectivity index (χ0) is 16.0. The van der Waals surface area contributed by atoms with Crippen LogP contribution >= 0.6 is 11.6 Å². The Kier molecular flexibility index (Phi) is 6.87. The molecule has 0 fully saturated rings. The second kappa shape index (κ2) is 8.17. The van der Waals surface area contributed by atoms with Crippen LogP contribution in [0.25, 0.3) is 0 Å². The number of rotatable bonds is 6. The number of carbonyl (C=O) groups excluding carboxylic acids is 1. The van der Waals surface area contributed by atoms with Crippen molar-refractivity contribution in [2.75, 3.05) is 13.7 Å². The van der Waals surface area contributed by atoms with Gasteiger partial charge in [-0.15, -0.1) is 0 Å². The van der Waals surface area contributed by atoms with Crippen molar-refractivity contribution in [3.8, 4) is 0 Å². The van der Waals surface area contributed by atoms with E-state index in [0.29, 0.717) is 5.56 Å². The van der Waals surface area contributed by atoms with E-state index < -0.39 is 11.9 Å². The quantitative estimate of drug-likeness (QED) is 0.748. The van der Waals surface area contributed by atoms with Crippen LogP contribution in [0.4, 0.5) is 9.18 Å². The molecule has 118 valence electrons. The van der Waals surface area contributed by atoms with Gasteiger partial charge in [0.15, 0.2) is 0 Å². The van der Waals surface area contributed by atoms with Crippen molar-refractivity contribution >= 4 is 17.6 Å². The summed E-state index contributed by atoms with van der Waals surface area (Å²) < 4.78 is 13.3. The smallest absolute Gasteiger partial charge is 0.317 e. The van der Waals surface area contributed by atoms with Crippen molar-refractivity contribution in [1.29, 1.82) is 0 Å². The average Bonchev–Trinajstić information content (AvgIpc) is 2.47. The summed E-state index contributed by atoms with van der Waals surface area (Å²) in [5.41, 5.74) is 0.487.